The highest BCUT2D eigenvalue weighted by atomic mass is 32.2. The van der Waals surface area contributed by atoms with Gasteiger partial charge in [-0.25, -0.2) is 26.5 Å². The lowest BCUT2D eigenvalue weighted by Crippen LogP contribution is -2.49. The number of fused-ring (bicyclic) bond motifs is 1. The molecule has 1 aromatic heterocycles. The second-order valence-electron chi connectivity index (χ2n) is 8.90. The van der Waals surface area contributed by atoms with Gasteiger partial charge in [-0.05, 0) is 45.0 Å². The average Bonchev–Trinajstić information content (AvgIpc) is 2.77. The van der Waals surface area contributed by atoms with Crippen LogP contribution in [0, 0.1) is 0 Å². The van der Waals surface area contributed by atoms with E-state index in [0.717, 1.165) is 0 Å². The number of pyridine rings is 1. The lowest BCUT2D eigenvalue weighted by Gasteiger charge is -2.34. The van der Waals surface area contributed by atoms with Gasteiger partial charge in [0.05, 0.1) is 4.90 Å². The van der Waals surface area contributed by atoms with Gasteiger partial charge in [0.25, 0.3) is 0 Å². The Labute approximate surface area is 194 Å². The number of piperazine rings is 1. The van der Waals surface area contributed by atoms with E-state index in [1.165, 1.54) is 28.7 Å². The fraction of sp³-hybridized carbons (Fsp3) is 0.476. The molecule has 1 N–H and O–H groups in total. The Morgan fingerprint density at radius 1 is 0.879 bits per heavy atom. The van der Waals surface area contributed by atoms with Crippen molar-refractivity contribution >= 4 is 25.9 Å². The van der Waals surface area contributed by atoms with Gasteiger partial charge in [0, 0.05) is 44.0 Å². The van der Waals surface area contributed by atoms with Gasteiger partial charge in [-0.3, -0.25) is 0 Å². The summed E-state index contributed by atoms with van der Waals surface area (Å²) in [5, 5.41) is 0. The quantitative estimate of drug-likeness (QED) is 0.661. The Hall–Kier alpha value is -2.41. The van der Waals surface area contributed by atoms with Crippen LogP contribution in [0.3, 0.4) is 0 Å². The van der Waals surface area contributed by atoms with Crippen molar-refractivity contribution in [3.05, 3.63) is 36.5 Å². The fourth-order valence-electron chi connectivity index (χ4n) is 3.67. The lowest BCUT2D eigenvalue weighted by molar-refractivity contribution is 0.171. The molecule has 10 nitrogen and oxygen atoms in total. The van der Waals surface area contributed by atoms with E-state index < -0.39 is 25.6 Å². The Morgan fingerprint density at radius 3 is 2.12 bits per heavy atom. The molecule has 4 rings (SSSR count). The number of ether oxygens (including phenoxy) is 2. The second-order valence-corrected chi connectivity index (χ2v) is 12.5. The van der Waals surface area contributed by atoms with Crippen LogP contribution in [-0.2, 0) is 20.0 Å². The van der Waals surface area contributed by atoms with Crippen LogP contribution in [0.1, 0.15) is 20.8 Å². The SMILES string of the molecule is CC(C)(C)NS(=O)(=O)c1ccc(N2CCN(S(=O)(=O)c3ccc4c(c3)OCCO4)CC2)nc1. The third-order valence-corrected chi connectivity index (χ3v) is 8.82. The second kappa shape index (κ2) is 8.75. The van der Waals surface area contributed by atoms with E-state index in [0.29, 0.717) is 43.6 Å². The smallest absolute Gasteiger partial charge is 0.243 e. The van der Waals surface area contributed by atoms with Crippen molar-refractivity contribution < 1.29 is 26.3 Å². The van der Waals surface area contributed by atoms with Crippen LogP contribution in [0.5, 0.6) is 11.5 Å². The Kier molecular flexibility index (Phi) is 6.29. The van der Waals surface area contributed by atoms with Crippen LogP contribution >= 0.6 is 0 Å². The predicted molar refractivity (Wildman–Crippen MR) is 123 cm³/mol. The maximum absolute atomic E-state index is 13.1. The normalized spacial score (nSPS) is 17.7. The number of sulfonamides is 2. The molecule has 0 atom stereocenters. The number of hydrogen-bond donors (Lipinski definition) is 1. The Balaban J connectivity index is 1.42. The highest BCUT2D eigenvalue weighted by molar-refractivity contribution is 7.89. The predicted octanol–water partition coefficient (Wildman–Crippen LogP) is 1.44. The van der Waals surface area contributed by atoms with Gasteiger partial charge < -0.3 is 14.4 Å². The number of rotatable bonds is 5. The van der Waals surface area contributed by atoms with Crippen molar-refractivity contribution in [1.29, 1.82) is 0 Å². The Morgan fingerprint density at radius 2 is 1.52 bits per heavy atom. The van der Waals surface area contributed by atoms with Gasteiger partial charge in [0.2, 0.25) is 20.0 Å². The summed E-state index contributed by atoms with van der Waals surface area (Å²) in [7, 11) is -7.35. The van der Waals surface area contributed by atoms with E-state index in [4.69, 9.17) is 9.47 Å². The van der Waals surface area contributed by atoms with E-state index in [1.807, 2.05) is 4.90 Å². The third kappa shape index (κ3) is 5.24. The zero-order valence-electron chi connectivity index (χ0n) is 18.8. The summed E-state index contributed by atoms with van der Waals surface area (Å²) in [4.78, 5) is 6.48. The largest absolute Gasteiger partial charge is 0.486 e. The van der Waals surface area contributed by atoms with Crippen LogP contribution in [0.25, 0.3) is 0 Å². The van der Waals surface area contributed by atoms with Crippen LogP contribution < -0.4 is 19.1 Å². The highest BCUT2D eigenvalue weighted by Crippen LogP contribution is 2.33. The van der Waals surface area contributed by atoms with Crippen LogP contribution in [0.2, 0.25) is 0 Å². The minimum Gasteiger partial charge on any atom is -0.486 e. The number of nitrogens with zero attached hydrogens (tertiary/aromatic N) is 3. The van der Waals surface area contributed by atoms with Crippen LogP contribution in [0.15, 0.2) is 46.3 Å². The van der Waals surface area contributed by atoms with Crippen molar-refractivity contribution in [2.75, 3.05) is 44.3 Å². The first-order chi connectivity index (χ1) is 15.5. The summed E-state index contributed by atoms with van der Waals surface area (Å²) >= 11 is 0. The summed E-state index contributed by atoms with van der Waals surface area (Å²) in [5.74, 6) is 1.57. The summed E-state index contributed by atoms with van der Waals surface area (Å²) < 4.78 is 66.1. The number of anilines is 1. The molecule has 2 aliphatic rings. The molecule has 0 saturated carbocycles. The number of hydrogen-bond acceptors (Lipinski definition) is 8. The number of aromatic nitrogens is 1. The highest BCUT2D eigenvalue weighted by Gasteiger charge is 2.30. The molecule has 0 bridgehead atoms. The molecule has 33 heavy (non-hydrogen) atoms. The molecule has 1 saturated heterocycles. The summed E-state index contributed by atoms with van der Waals surface area (Å²) in [6, 6.07) is 7.80. The van der Waals surface area contributed by atoms with Gasteiger partial charge in [-0.1, -0.05) is 0 Å². The first-order valence-corrected chi connectivity index (χ1v) is 13.5. The monoisotopic (exact) mass is 496 g/mol. The maximum Gasteiger partial charge on any atom is 0.243 e. The van der Waals surface area contributed by atoms with E-state index in [-0.39, 0.29) is 22.9 Å². The molecule has 3 heterocycles. The zero-order chi connectivity index (χ0) is 23.9. The van der Waals surface area contributed by atoms with Crippen molar-refractivity contribution in [3.8, 4) is 11.5 Å². The number of nitrogens with one attached hydrogen (secondary N) is 1. The molecular weight excluding hydrogens is 468 g/mol. The third-order valence-electron chi connectivity index (χ3n) is 5.19. The van der Waals surface area contributed by atoms with Gasteiger partial charge in [0.15, 0.2) is 11.5 Å². The van der Waals surface area contributed by atoms with Crippen molar-refractivity contribution in [2.45, 2.75) is 36.1 Å². The molecule has 2 aromatic rings. The van der Waals surface area contributed by atoms with E-state index >= 15 is 0 Å². The van der Waals surface area contributed by atoms with Gasteiger partial charge in [-0.2, -0.15) is 4.31 Å². The summed E-state index contributed by atoms with van der Waals surface area (Å²) in [5.41, 5.74) is -0.601. The van der Waals surface area contributed by atoms with Crippen molar-refractivity contribution in [1.82, 2.24) is 14.0 Å². The van der Waals surface area contributed by atoms with E-state index in [2.05, 4.69) is 9.71 Å². The molecule has 0 radical (unpaired) electrons. The molecule has 180 valence electrons. The van der Waals surface area contributed by atoms with Crippen molar-refractivity contribution in [3.63, 3.8) is 0 Å². The lowest BCUT2D eigenvalue weighted by atomic mass is 10.1. The number of benzene rings is 1. The van der Waals surface area contributed by atoms with Gasteiger partial charge >= 0.3 is 0 Å². The maximum atomic E-state index is 13.1. The summed E-state index contributed by atoms with van der Waals surface area (Å²) in [6.07, 6.45) is 1.32. The molecule has 12 heteroatoms. The van der Waals surface area contributed by atoms with Crippen LogP contribution in [0.4, 0.5) is 5.82 Å². The van der Waals surface area contributed by atoms with E-state index in [9.17, 15) is 16.8 Å². The molecule has 0 spiro atoms. The minimum absolute atomic E-state index is 0.0843. The molecule has 0 aliphatic carbocycles. The molecule has 0 amide bonds. The molecule has 2 aliphatic heterocycles. The Bertz CT molecular complexity index is 1220. The molecule has 0 unspecified atom stereocenters. The standard InChI is InChI=1S/C21H28N4O6S2/c1-21(2,3)23-32(26,27)17-5-7-20(22-15-17)24-8-10-25(11-9-24)33(28,29)16-4-6-18-19(14-16)31-13-12-30-18/h4-7,14-15,23H,8-13H2,1-3H3. The average molecular weight is 497 g/mol. The molecular formula is C21H28N4O6S2. The fourth-order valence-corrected chi connectivity index (χ4v) is 6.47. The van der Waals surface area contributed by atoms with Gasteiger partial charge in [0.1, 0.15) is 23.9 Å². The first-order valence-electron chi connectivity index (χ1n) is 10.6. The summed E-state index contributed by atoms with van der Waals surface area (Å²) in [6.45, 7) is 7.56. The first kappa shape index (κ1) is 23.7. The minimum atomic E-state index is -3.68. The molecule has 1 aromatic carbocycles. The van der Waals surface area contributed by atoms with E-state index in [1.54, 1.807) is 32.9 Å². The zero-order valence-corrected chi connectivity index (χ0v) is 20.4. The van der Waals surface area contributed by atoms with Gasteiger partial charge in [-0.15, -0.1) is 0 Å². The topological polar surface area (TPSA) is 118 Å². The molecule has 1 fully saturated rings. The van der Waals surface area contributed by atoms with Crippen LogP contribution in [-0.4, -0.2) is 71.1 Å². The van der Waals surface area contributed by atoms with Crippen molar-refractivity contribution in [2.24, 2.45) is 0 Å².